The van der Waals surface area contributed by atoms with Gasteiger partial charge in [0.1, 0.15) is 17.9 Å². The van der Waals surface area contributed by atoms with E-state index in [-0.39, 0.29) is 18.0 Å². The number of hydrogen-bond acceptors (Lipinski definition) is 6. The van der Waals surface area contributed by atoms with Crippen molar-refractivity contribution >= 4 is 17.1 Å². The first-order chi connectivity index (χ1) is 10.2. The number of thiophene rings is 1. The standard InChI is InChI=1S/C14H16N4O2S/c1-18-7-10(16-17-18)12-6-9-11(19)8-20-14(13(9)21-12)2-4-15-5-3-14/h6-7,15H,2-5,8H2,1H3. The molecule has 1 spiro atoms. The summed E-state index contributed by atoms with van der Waals surface area (Å²) >= 11 is 1.62. The second kappa shape index (κ2) is 4.72. The monoisotopic (exact) mass is 304 g/mol. The summed E-state index contributed by atoms with van der Waals surface area (Å²) in [5, 5.41) is 11.5. The molecule has 4 heterocycles. The van der Waals surface area contributed by atoms with Crippen molar-refractivity contribution < 1.29 is 9.53 Å². The number of hydrogen-bond donors (Lipinski definition) is 1. The fraction of sp³-hybridized carbons (Fsp3) is 0.500. The van der Waals surface area contributed by atoms with Crippen LogP contribution < -0.4 is 5.32 Å². The molecule has 1 fully saturated rings. The van der Waals surface area contributed by atoms with Gasteiger partial charge in [-0.25, -0.2) is 0 Å². The lowest BCUT2D eigenvalue weighted by molar-refractivity contribution is -0.0655. The summed E-state index contributed by atoms with van der Waals surface area (Å²) in [6.45, 7) is 2.03. The Bertz CT molecular complexity index is 700. The van der Waals surface area contributed by atoms with Crippen LogP contribution in [-0.4, -0.2) is 40.5 Å². The summed E-state index contributed by atoms with van der Waals surface area (Å²) in [5.74, 6) is 0.0700. The number of rotatable bonds is 1. The van der Waals surface area contributed by atoms with Gasteiger partial charge in [0.2, 0.25) is 0 Å². The number of nitrogens with one attached hydrogen (secondary N) is 1. The van der Waals surface area contributed by atoms with Crippen molar-refractivity contribution in [2.75, 3.05) is 19.7 Å². The predicted molar refractivity (Wildman–Crippen MR) is 78.4 cm³/mol. The Labute approximate surface area is 126 Å². The summed E-state index contributed by atoms with van der Waals surface area (Å²) in [4.78, 5) is 14.2. The smallest absolute Gasteiger partial charge is 0.189 e. The van der Waals surface area contributed by atoms with Gasteiger partial charge in [-0.3, -0.25) is 9.48 Å². The zero-order chi connectivity index (χ0) is 14.4. The van der Waals surface area contributed by atoms with E-state index in [0.717, 1.165) is 46.9 Å². The third kappa shape index (κ3) is 2.04. The largest absolute Gasteiger partial charge is 0.361 e. The minimum absolute atomic E-state index is 0.0700. The third-order valence-electron chi connectivity index (χ3n) is 4.19. The highest BCUT2D eigenvalue weighted by Crippen LogP contribution is 2.46. The summed E-state index contributed by atoms with van der Waals surface area (Å²) < 4.78 is 7.65. The molecule has 0 amide bonds. The molecule has 0 bridgehead atoms. The highest BCUT2D eigenvalue weighted by Gasteiger charge is 2.43. The van der Waals surface area contributed by atoms with Gasteiger partial charge in [-0.1, -0.05) is 5.21 Å². The average Bonchev–Trinajstić information content (AvgIpc) is 3.11. The second-order valence-corrected chi connectivity index (χ2v) is 6.64. The maximum Gasteiger partial charge on any atom is 0.189 e. The molecule has 21 heavy (non-hydrogen) atoms. The second-order valence-electron chi connectivity index (χ2n) is 5.59. The molecule has 0 aliphatic carbocycles. The minimum atomic E-state index is -0.292. The minimum Gasteiger partial charge on any atom is -0.361 e. The van der Waals surface area contributed by atoms with Gasteiger partial charge in [-0.2, -0.15) is 0 Å². The van der Waals surface area contributed by atoms with Gasteiger partial charge in [-0.05, 0) is 32.0 Å². The fourth-order valence-electron chi connectivity index (χ4n) is 3.07. The summed E-state index contributed by atoms with van der Waals surface area (Å²) in [7, 11) is 1.84. The zero-order valence-electron chi connectivity index (χ0n) is 11.8. The van der Waals surface area contributed by atoms with Crippen LogP contribution in [0.25, 0.3) is 10.6 Å². The first-order valence-corrected chi connectivity index (χ1v) is 7.88. The van der Waals surface area contributed by atoms with E-state index < -0.39 is 0 Å². The van der Waals surface area contributed by atoms with Gasteiger partial charge in [0, 0.05) is 17.5 Å². The van der Waals surface area contributed by atoms with Crippen molar-refractivity contribution in [3.05, 3.63) is 22.7 Å². The van der Waals surface area contributed by atoms with Crippen molar-refractivity contribution in [3.8, 4) is 10.6 Å². The normalized spacial score (nSPS) is 20.7. The van der Waals surface area contributed by atoms with E-state index >= 15 is 0 Å². The molecule has 4 rings (SSSR count). The van der Waals surface area contributed by atoms with Crippen LogP contribution in [0.5, 0.6) is 0 Å². The molecule has 0 unspecified atom stereocenters. The molecule has 0 atom stereocenters. The molecule has 2 aliphatic rings. The predicted octanol–water partition coefficient (Wildman–Crippen LogP) is 1.34. The van der Waals surface area contributed by atoms with Gasteiger partial charge in [0.15, 0.2) is 5.78 Å². The van der Waals surface area contributed by atoms with Crippen LogP contribution in [0.15, 0.2) is 12.3 Å². The number of aryl methyl sites for hydroxylation is 1. The van der Waals surface area contributed by atoms with E-state index in [1.54, 1.807) is 16.0 Å². The first-order valence-electron chi connectivity index (χ1n) is 7.07. The van der Waals surface area contributed by atoms with Crippen molar-refractivity contribution in [1.82, 2.24) is 20.3 Å². The third-order valence-corrected chi connectivity index (χ3v) is 5.54. The van der Waals surface area contributed by atoms with Crippen LogP contribution in [0.3, 0.4) is 0 Å². The summed E-state index contributed by atoms with van der Waals surface area (Å²) in [6.07, 6.45) is 3.69. The Hall–Kier alpha value is -1.57. The lowest BCUT2D eigenvalue weighted by Crippen LogP contribution is -2.45. The number of fused-ring (bicyclic) bond motifs is 2. The number of carbonyl (C=O) groups is 1. The molecule has 7 heteroatoms. The van der Waals surface area contributed by atoms with Crippen molar-refractivity contribution in [1.29, 1.82) is 0 Å². The quantitative estimate of drug-likeness (QED) is 0.861. The van der Waals surface area contributed by atoms with E-state index in [1.807, 2.05) is 19.3 Å². The number of aromatic nitrogens is 3. The van der Waals surface area contributed by atoms with E-state index in [0.29, 0.717) is 0 Å². The number of piperidine rings is 1. The summed E-state index contributed by atoms with van der Waals surface area (Å²) in [5.41, 5.74) is 1.34. The van der Waals surface area contributed by atoms with Crippen molar-refractivity contribution in [3.63, 3.8) is 0 Å². The molecule has 1 saturated heterocycles. The Morgan fingerprint density at radius 1 is 1.43 bits per heavy atom. The Morgan fingerprint density at radius 2 is 2.24 bits per heavy atom. The van der Waals surface area contributed by atoms with Gasteiger partial charge in [-0.15, -0.1) is 16.4 Å². The maximum absolute atomic E-state index is 12.2. The number of Topliss-reactive ketones (excluding diaryl/α,β-unsaturated/α-hetero) is 1. The van der Waals surface area contributed by atoms with Gasteiger partial charge in [0.05, 0.1) is 11.1 Å². The van der Waals surface area contributed by atoms with Crippen LogP contribution in [0.4, 0.5) is 0 Å². The van der Waals surface area contributed by atoms with E-state index in [1.165, 1.54) is 0 Å². The number of ketones is 1. The van der Waals surface area contributed by atoms with Gasteiger partial charge < -0.3 is 10.1 Å². The zero-order valence-corrected chi connectivity index (χ0v) is 12.6. The molecule has 0 saturated carbocycles. The molecule has 6 nitrogen and oxygen atoms in total. The molecular weight excluding hydrogens is 288 g/mol. The number of nitrogens with zero attached hydrogens (tertiary/aromatic N) is 3. The highest BCUT2D eigenvalue weighted by molar-refractivity contribution is 7.16. The Balaban J connectivity index is 1.82. The molecule has 2 aromatic rings. The molecule has 0 radical (unpaired) electrons. The molecule has 2 aromatic heterocycles. The van der Waals surface area contributed by atoms with Crippen LogP contribution in [0.1, 0.15) is 28.1 Å². The molecule has 1 N–H and O–H groups in total. The fourth-order valence-corrected chi connectivity index (χ4v) is 4.40. The first kappa shape index (κ1) is 13.1. The summed E-state index contributed by atoms with van der Waals surface area (Å²) in [6, 6.07) is 1.96. The van der Waals surface area contributed by atoms with Crippen LogP contribution in [-0.2, 0) is 17.4 Å². The Kier molecular flexibility index (Phi) is 2.95. The molecule has 110 valence electrons. The maximum atomic E-state index is 12.2. The molecule has 2 aliphatic heterocycles. The topological polar surface area (TPSA) is 69.0 Å². The molecule has 0 aromatic carbocycles. The number of ether oxygens (including phenoxy) is 1. The SMILES string of the molecule is Cn1cc(-c2cc3c(s2)C2(CCNCC2)OCC3=O)nn1. The lowest BCUT2D eigenvalue weighted by atomic mass is 9.85. The highest BCUT2D eigenvalue weighted by atomic mass is 32.1. The van der Waals surface area contributed by atoms with E-state index in [9.17, 15) is 4.79 Å². The van der Waals surface area contributed by atoms with E-state index in [4.69, 9.17) is 4.74 Å². The van der Waals surface area contributed by atoms with Crippen LogP contribution in [0.2, 0.25) is 0 Å². The van der Waals surface area contributed by atoms with Crippen molar-refractivity contribution in [2.45, 2.75) is 18.4 Å². The van der Waals surface area contributed by atoms with Gasteiger partial charge >= 0.3 is 0 Å². The number of carbonyl (C=O) groups excluding carboxylic acids is 1. The Morgan fingerprint density at radius 3 is 2.95 bits per heavy atom. The lowest BCUT2D eigenvalue weighted by Gasteiger charge is -2.39. The van der Waals surface area contributed by atoms with Crippen molar-refractivity contribution in [2.24, 2.45) is 7.05 Å². The average molecular weight is 304 g/mol. The molecular formula is C14H16N4O2S. The van der Waals surface area contributed by atoms with Crippen LogP contribution >= 0.6 is 11.3 Å². The van der Waals surface area contributed by atoms with E-state index in [2.05, 4.69) is 15.6 Å². The van der Waals surface area contributed by atoms with Gasteiger partial charge in [0.25, 0.3) is 0 Å². The van der Waals surface area contributed by atoms with Crippen LogP contribution in [0, 0.1) is 0 Å².